The predicted molar refractivity (Wildman–Crippen MR) is 134 cm³/mol. The fourth-order valence-corrected chi connectivity index (χ4v) is 5.21. The van der Waals surface area contributed by atoms with Crippen molar-refractivity contribution in [2.24, 2.45) is 0 Å². The average molecular weight is 519 g/mol. The molecule has 7 nitrogen and oxygen atoms in total. The van der Waals surface area contributed by atoms with Crippen LogP contribution in [0.4, 0.5) is 0 Å². The lowest BCUT2D eigenvalue weighted by molar-refractivity contribution is -0.148. The molecule has 186 valence electrons. The molecule has 9 heteroatoms. The number of hydrogen-bond acceptors (Lipinski definition) is 6. The number of fused-ring (bicyclic) bond motifs is 1. The number of carboxylic acids is 1. The number of para-hydroxylation sites is 1. The maximum Gasteiger partial charge on any atom is 0.328 e. The zero-order valence-electron chi connectivity index (χ0n) is 19.2. The smallest absolute Gasteiger partial charge is 0.328 e. The van der Waals surface area contributed by atoms with Gasteiger partial charge in [0.25, 0.3) is 0 Å². The molecule has 0 radical (unpaired) electrons. The number of carbonyl (C=O) groups is 1. The lowest BCUT2D eigenvalue weighted by atomic mass is 10.1. The van der Waals surface area contributed by atoms with Crippen LogP contribution < -0.4 is 4.74 Å². The van der Waals surface area contributed by atoms with Crippen molar-refractivity contribution in [3.63, 3.8) is 0 Å². The SMILES string of the molecule is O=C(O)C(c1cc2ccccc2o1)N1CCO[C@@H](CN2CCC(Oc3ccc(Cl)c(Cl)c3)CC2)C1. The van der Waals surface area contributed by atoms with Gasteiger partial charge >= 0.3 is 5.97 Å². The van der Waals surface area contributed by atoms with Crippen LogP contribution in [0.3, 0.4) is 0 Å². The van der Waals surface area contributed by atoms with Gasteiger partial charge in [0, 0.05) is 44.2 Å². The summed E-state index contributed by atoms with van der Waals surface area (Å²) in [6.45, 7) is 4.10. The summed E-state index contributed by atoms with van der Waals surface area (Å²) in [7, 11) is 0. The third-order valence-electron chi connectivity index (χ3n) is 6.67. The highest BCUT2D eigenvalue weighted by Gasteiger charge is 2.35. The highest BCUT2D eigenvalue weighted by atomic mass is 35.5. The minimum absolute atomic E-state index is 0.0671. The lowest BCUT2D eigenvalue weighted by Crippen LogP contribution is -2.51. The van der Waals surface area contributed by atoms with E-state index in [9.17, 15) is 9.90 Å². The van der Waals surface area contributed by atoms with Crippen LogP contribution in [0.25, 0.3) is 11.0 Å². The molecule has 2 atom stereocenters. The molecule has 0 amide bonds. The number of benzene rings is 2. The summed E-state index contributed by atoms with van der Waals surface area (Å²) in [6, 6.07) is 13.9. The third kappa shape index (κ3) is 5.76. The normalized spacial score (nSPS) is 21.3. The van der Waals surface area contributed by atoms with Crippen molar-refractivity contribution < 1.29 is 23.8 Å². The molecule has 1 N–H and O–H groups in total. The Balaban J connectivity index is 1.16. The van der Waals surface area contributed by atoms with E-state index in [1.807, 2.05) is 41.3 Å². The minimum atomic E-state index is -0.912. The highest BCUT2D eigenvalue weighted by molar-refractivity contribution is 6.42. The van der Waals surface area contributed by atoms with E-state index in [-0.39, 0.29) is 12.2 Å². The molecule has 0 aliphatic carbocycles. The molecule has 5 rings (SSSR count). The van der Waals surface area contributed by atoms with Gasteiger partial charge in [-0.2, -0.15) is 0 Å². The number of hydrogen-bond donors (Lipinski definition) is 1. The lowest BCUT2D eigenvalue weighted by Gasteiger charge is -2.39. The summed E-state index contributed by atoms with van der Waals surface area (Å²) in [5.74, 6) is 0.277. The molecule has 2 saturated heterocycles. The van der Waals surface area contributed by atoms with E-state index in [0.29, 0.717) is 41.1 Å². The molecule has 1 unspecified atom stereocenters. The fourth-order valence-electron chi connectivity index (χ4n) is 4.92. The Labute approximate surface area is 214 Å². The number of rotatable bonds is 7. The second-order valence-corrected chi connectivity index (χ2v) is 9.92. The van der Waals surface area contributed by atoms with Crippen molar-refractivity contribution >= 4 is 40.1 Å². The van der Waals surface area contributed by atoms with Gasteiger partial charge in [0.2, 0.25) is 0 Å². The van der Waals surface area contributed by atoms with Gasteiger partial charge in [0.15, 0.2) is 6.04 Å². The molecule has 0 saturated carbocycles. The summed E-state index contributed by atoms with van der Waals surface area (Å²) in [4.78, 5) is 16.5. The summed E-state index contributed by atoms with van der Waals surface area (Å²) in [6.07, 6.45) is 1.85. The molecule has 35 heavy (non-hydrogen) atoms. The second kappa shape index (κ2) is 10.8. The van der Waals surface area contributed by atoms with Crippen LogP contribution in [0, 0.1) is 0 Å². The van der Waals surface area contributed by atoms with Crippen molar-refractivity contribution in [2.45, 2.75) is 31.1 Å². The van der Waals surface area contributed by atoms with E-state index >= 15 is 0 Å². The molecule has 0 bridgehead atoms. The van der Waals surface area contributed by atoms with Crippen molar-refractivity contribution in [3.05, 3.63) is 64.3 Å². The first-order chi connectivity index (χ1) is 17.0. The molecular formula is C26H28Cl2N2O5. The Kier molecular flexibility index (Phi) is 7.51. The molecule has 0 spiro atoms. The number of ether oxygens (including phenoxy) is 2. The summed E-state index contributed by atoms with van der Waals surface area (Å²) >= 11 is 12.1. The maximum atomic E-state index is 12.2. The molecule has 3 heterocycles. The Morgan fingerprint density at radius 1 is 1.09 bits per heavy atom. The van der Waals surface area contributed by atoms with Crippen LogP contribution in [-0.4, -0.2) is 72.4 Å². The zero-order chi connectivity index (χ0) is 24.4. The predicted octanol–water partition coefficient (Wildman–Crippen LogP) is 5.11. The first kappa shape index (κ1) is 24.4. The van der Waals surface area contributed by atoms with E-state index in [1.165, 1.54) is 0 Å². The molecule has 2 aromatic carbocycles. The van der Waals surface area contributed by atoms with E-state index < -0.39 is 12.0 Å². The van der Waals surface area contributed by atoms with Crippen LogP contribution in [0.5, 0.6) is 5.75 Å². The van der Waals surface area contributed by atoms with Gasteiger partial charge in [-0.15, -0.1) is 0 Å². The number of furan rings is 1. The number of nitrogens with zero attached hydrogens (tertiary/aromatic N) is 2. The molecule has 2 fully saturated rings. The monoisotopic (exact) mass is 518 g/mol. The molecular weight excluding hydrogens is 491 g/mol. The quantitative estimate of drug-likeness (QED) is 0.465. The zero-order valence-corrected chi connectivity index (χ0v) is 20.8. The van der Waals surface area contributed by atoms with Gasteiger partial charge < -0.3 is 23.9 Å². The van der Waals surface area contributed by atoms with E-state index in [2.05, 4.69) is 4.90 Å². The van der Waals surface area contributed by atoms with E-state index in [1.54, 1.807) is 12.1 Å². The largest absolute Gasteiger partial charge is 0.490 e. The number of piperidine rings is 1. The average Bonchev–Trinajstić information content (AvgIpc) is 3.26. The summed E-state index contributed by atoms with van der Waals surface area (Å²) in [5.41, 5.74) is 0.699. The van der Waals surface area contributed by atoms with Crippen LogP contribution in [0.1, 0.15) is 24.6 Å². The Hall–Kier alpha value is -2.29. The molecule has 3 aromatic rings. The molecule has 2 aliphatic rings. The number of morpholine rings is 1. The number of likely N-dealkylation sites (tertiary alicyclic amines) is 1. The first-order valence-corrected chi connectivity index (χ1v) is 12.6. The molecule has 2 aliphatic heterocycles. The number of aliphatic carboxylic acids is 1. The number of carboxylic acid groups (broad SMARTS) is 1. The molecule has 1 aromatic heterocycles. The second-order valence-electron chi connectivity index (χ2n) is 9.11. The van der Waals surface area contributed by atoms with Crippen molar-refractivity contribution in [1.29, 1.82) is 0 Å². The van der Waals surface area contributed by atoms with Crippen molar-refractivity contribution in [3.8, 4) is 5.75 Å². The first-order valence-electron chi connectivity index (χ1n) is 11.9. The van der Waals surface area contributed by atoms with Gasteiger partial charge in [-0.1, -0.05) is 41.4 Å². The fraction of sp³-hybridized carbons (Fsp3) is 0.423. The number of halogens is 2. The van der Waals surface area contributed by atoms with Gasteiger partial charge in [-0.05, 0) is 37.1 Å². The van der Waals surface area contributed by atoms with Gasteiger partial charge in [0.05, 0.1) is 22.8 Å². The Morgan fingerprint density at radius 3 is 2.63 bits per heavy atom. The highest BCUT2D eigenvalue weighted by Crippen LogP contribution is 2.30. The van der Waals surface area contributed by atoms with Gasteiger partial charge in [0.1, 0.15) is 23.2 Å². The standard InChI is InChI=1S/C26H28Cl2N2O5/c27-21-6-5-19(14-22(21)28)34-18-7-9-29(10-8-18)15-20-16-30(11-12-33-20)25(26(31)32)24-13-17-3-1-2-4-23(17)35-24/h1-6,13-14,18,20,25H,7-12,15-16H2,(H,31,32)/t20-,25?/m0/s1. The van der Waals surface area contributed by atoms with Crippen LogP contribution >= 0.6 is 23.2 Å². The van der Waals surface area contributed by atoms with Crippen molar-refractivity contribution in [2.75, 3.05) is 39.3 Å². The van der Waals surface area contributed by atoms with Crippen LogP contribution in [-0.2, 0) is 9.53 Å². The Bertz CT molecular complexity index is 1140. The van der Waals surface area contributed by atoms with Crippen LogP contribution in [0.15, 0.2) is 52.9 Å². The van der Waals surface area contributed by atoms with Gasteiger partial charge in [-0.3, -0.25) is 9.69 Å². The summed E-state index contributed by atoms with van der Waals surface area (Å²) < 4.78 is 18.0. The minimum Gasteiger partial charge on any atom is -0.490 e. The maximum absolute atomic E-state index is 12.2. The topological polar surface area (TPSA) is 75.4 Å². The van der Waals surface area contributed by atoms with Crippen LogP contribution in [0.2, 0.25) is 10.0 Å². The Morgan fingerprint density at radius 2 is 1.89 bits per heavy atom. The van der Waals surface area contributed by atoms with E-state index in [0.717, 1.165) is 43.6 Å². The van der Waals surface area contributed by atoms with E-state index in [4.69, 9.17) is 37.1 Å². The van der Waals surface area contributed by atoms with Gasteiger partial charge in [-0.25, -0.2) is 0 Å². The van der Waals surface area contributed by atoms with Crippen molar-refractivity contribution in [1.82, 2.24) is 9.80 Å². The third-order valence-corrected chi connectivity index (χ3v) is 7.41. The summed E-state index contributed by atoms with van der Waals surface area (Å²) in [5, 5.41) is 11.9.